The molecule has 3 fully saturated rings. The summed E-state index contributed by atoms with van der Waals surface area (Å²) in [6, 6.07) is -5.36. The van der Waals surface area contributed by atoms with Gasteiger partial charge < -0.3 is 89.8 Å². The number of carbonyl (C=O) groups excluding carboxylic acids is 4. The van der Waals surface area contributed by atoms with E-state index in [1.165, 1.54) is 13.8 Å². The maximum atomic E-state index is 13.4. The molecule has 0 aromatic rings. The van der Waals surface area contributed by atoms with E-state index in [0.29, 0.717) is 0 Å². The minimum absolute atomic E-state index is 0.344. The number of ether oxygens (including phenoxy) is 8. The second kappa shape index (κ2) is 19.6. The number of nitrogens with one attached hydrogen (secondary N) is 4. The van der Waals surface area contributed by atoms with E-state index >= 15 is 0 Å². The Morgan fingerprint density at radius 3 is 1.57 bits per heavy atom. The van der Waals surface area contributed by atoms with Crippen molar-refractivity contribution >= 4 is 24.4 Å². The van der Waals surface area contributed by atoms with Gasteiger partial charge >= 0.3 is 24.4 Å². The molecule has 3 rings (SSSR count). The minimum atomic E-state index is -2.69. The summed E-state index contributed by atoms with van der Waals surface area (Å²) >= 11 is 0. The molecule has 22 nitrogen and oxygen atoms in total. The molecular weight excluding hydrogens is 812 g/mol. The predicted octanol–water partition coefficient (Wildman–Crippen LogP) is 0.390. The largest absolute Gasteiger partial charge is 0.444 e. The highest BCUT2D eigenvalue weighted by Gasteiger charge is 2.58. The van der Waals surface area contributed by atoms with Crippen molar-refractivity contribution in [3.8, 4) is 0 Å². The molecule has 2 aliphatic heterocycles. The molecule has 0 radical (unpaired) electrons. The van der Waals surface area contributed by atoms with Gasteiger partial charge in [-0.05, 0) is 103 Å². The fourth-order valence-corrected chi connectivity index (χ4v) is 6.85. The Hall–Kier alpha value is -3.32. The molecule has 1 aliphatic carbocycles. The second-order valence-corrected chi connectivity index (χ2v) is 19.8. The fraction of sp³-hybridized carbons (Fsp3) is 0.897. The molecule has 2 heterocycles. The Labute approximate surface area is 356 Å². The Balaban J connectivity index is 2.15. The molecule has 3 aliphatic rings. The van der Waals surface area contributed by atoms with Crippen LogP contribution < -0.4 is 21.3 Å². The molecular formula is C39H70N4O18. The Bertz CT molecular complexity index is 1510. The molecule has 15 atom stereocenters. The van der Waals surface area contributed by atoms with Gasteiger partial charge in [-0.1, -0.05) is 0 Å². The molecule has 8 unspecified atom stereocenters. The van der Waals surface area contributed by atoms with Gasteiger partial charge in [0.25, 0.3) is 0 Å². The normalized spacial score (nSPS) is 34.6. The zero-order chi connectivity index (χ0) is 46.8. The van der Waals surface area contributed by atoms with Crippen LogP contribution in [0.2, 0.25) is 0 Å². The summed E-state index contributed by atoms with van der Waals surface area (Å²) in [7, 11) is 0. The number of rotatable bonds is 10. The van der Waals surface area contributed by atoms with E-state index in [-0.39, 0.29) is 6.42 Å². The summed E-state index contributed by atoms with van der Waals surface area (Å²) in [5.41, 5.74) is -3.91. The van der Waals surface area contributed by atoms with Gasteiger partial charge in [0.05, 0.1) is 24.2 Å². The lowest BCUT2D eigenvalue weighted by Gasteiger charge is -2.50. The van der Waals surface area contributed by atoms with Crippen LogP contribution in [0.25, 0.3) is 0 Å². The highest BCUT2D eigenvalue weighted by molar-refractivity contribution is 5.70. The second-order valence-electron chi connectivity index (χ2n) is 19.8. The van der Waals surface area contributed by atoms with Gasteiger partial charge in [-0.3, -0.25) is 0 Å². The number of amides is 4. The summed E-state index contributed by atoms with van der Waals surface area (Å²) in [5.74, 6) is -2.69. The van der Waals surface area contributed by atoms with Crippen molar-refractivity contribution in [1.82, 2.24) is 21.3 Å². The van der Waals surface area contributed by atoms with E-state index in [4.69, 9.17) is 37.9 Å². The zero-order valence-electron chi connectivity index (χ0n) is 37.6. The SMILES string of the molecule is C[C@H](NC(=O)OC(C)(C)C)[C@H]1OCC(O)(OC2C(O)[C@H](NC(=O)OC(C)(C)C)CC(NC(=O)OC(C)(C)C)[C@H]2O[C@H]2OC([C@@H](C)O)[C@@H](O)C(O)C2NC(=O)OC(C)(C)C)C1O. The van der Waals surface area contributed by atoms with Crippen LogP contribution in [0.4, 0.5) is 19.2 Å². The number of hydrogen-bond donors (Lipinski definition) is 10. The highest BCUT2D eigenvalue weighted by atomic mass is 16.7. The van der Waals surface area contributed by atoms with Crippen LogP contribution in [0.5, 0.6) is 0 Å². The van der Waals surface area contributed by atoms with E-state index in [9.17, 15) is 49.8 Å². The van der Waals surface area contributed by atoms with Gasteiger partial charge in [0.2, 0.25) is 5.79 Å². The van der Waals surface area contributed by atoms with Crippen LogP contribution in [-0.4, -0.2) is 175 Å². The Morgan fingerprint density at radius 2 is 1.10 bits per heavy atom. The maximum Gasteiger partial charge on any atom is 0.408 e. The summed E-state index contributed by atoms with van der Waals surface area (Å²) in [6.45, 7) is 21.3. The van der Waals surface area contributed by atoms with Gasteiger partial charge in [0.1, 0.15) is 83.9 Å². The third-order valence-electron chi connectivity index (χ3n) is 9.30. The average Bonchev–Trinajstić information content (AvgIpc) is 3.33. The highest BCUT2D eigenvalue weighted by Crippen LogP contribution is 2.37. The van der Waals surface area contributed by atoms with Crippen LogP contribution in [0, 0.1) is 0 Å². The third kappa shape index (κ3) is 15.2. The smallest absolute Gasteiger partial charge is 0.408 e. The van der Waals surface area contributed by atoms with E-state index in [1.807, 2.05) is 0 Å². The molecule has 2 saturated heterocycles. The average molecular weight is 883 g/mol. The summed E-state index contributed by atoms with van der Waals surface area (Å²) in [5, 5.41) is 78.6. The van der Waals surface area contributed by atoms with Crippen LogP contribution in [0.3, 0.4) is 0 Å². The van der Waals surface area contributed by atoms with E-state index in [2.05, 4.69) is 21.3 Å². The Morgan fingerprint density at radius 1 is 0.639 bits per heavy atom. The molecule has 0 bridgehead atoms. The summed E-state index contributed by atoms with van der Waals surface area (Å²) < 4.78 is 45.9. The van der Waals surface area contributed by atoms with E-state index < -0.39 is 145 Å². The topological polar surface area (TPSA) is 312 Å². The standard InChI is InChI=1S/C39H70N4O18/c1-17(40-31(49)58-35(3,4)5)25-29(48)39(53,16-54-25)57-28-22(45)19(41-32(50)59-36(6,7)8)15-20(42-33(51)60-37(9,10)11)27(28)56-30-21(43-34(52)61-38(12,13)14)23(46)24(47)26(55-30)18(2)44/h17-30,44-48,53H,15-16H2,1-14H3,(H,40,49)(H,41,50)(H,42,51)(H,43,52)/t17-,18+,19+,20?,21?,22?,23?,24-,25+,26?,27+,28?,29?,30+,39?/m0/s1. The van der Waals surface area contributed by atoms with Crippen molar-refractivity contribution in [1.29, 1.82) is 0 Å². The lowest BCUT2D eigenvalue weighted by atomic mass is 9.83. The number of alkyl carbamates (subject to hydrolysis) is 4. The van der Waals surface area contributed by atoms with Gasteiger partial charge in [-0.15, -0.1) is 0 Å². The summed E-state index contributed by atoms with van der Waals surface area (Å²) in [6.07, 6.45) is -21.4. The van der Waals surface area contributed by atoms with Gasteiger partial charge in [0, 0.05) is 0 Å². The quantitative estimate of drug-likeness (QED) is 0.105. The number of aliphatic hydroxyl groups excluding tert-OH is 5. The van der Waals surface area contributed by atoms with Crippen molar-refractivity contribution < 1.29 is 87.7 Å². The lowest BCUT2D eigenvalue weighted by Crippen LogP contribution is -2.71. The number of aliphatic hydroxyl groups is 6. The molecule has 10 N–H and O–H groups in total. The van der Waals surface area contributed by atoms with Crippen molar-refractivity contribution in [3.05, 3.63) is 0 Å². The number of carbonyl (C=O) groups is 4. The van der Waals surface area contributed by atoms with Crippen molar-refractivity contribution in [2.75, 3.05) is 6.61 Å². The van der Waals surface area contributed by atoms with Gasteiger partial charge in [-0.25, -0.2) is 19.2 Å². The minimum Gasteiger partial charge on any atom is -0.444 e. The lowest BCUT2D eigenvalue weighted by molar-refractivity contribution is -0.336. The maximum absolute atomic E-state index is 13.4. The van der Waals surface area contributed by atoms with E-state index in [1.54, 1.807) is 83.1 Å². The van der Waals surface area contributed by atoms with Crippen LogP contribution >= 0.6 is 0 Å². The summed E-state index contributed by atoms with van der Waals surface area (Å²) in [4.78, 5) is 52.2. The molecule has 61 heavy (non-hydrogen) atoms. The van der Waals surface area contributed by atoms with Crippen molar-refractivity contribution in [3.63, 3.8) is 0 Å². The molecule has 0 spiro atoms. The zero-order valence-corrected chi connectivity index (χ0v) is 37.6. The monoisotopic (exact) mass is 882 g/mol. The fourth-order valence-electron chi connectivity index (χ4n) is 6.85. The van der Waals surface area contributed by atoms with Gasteiger partial charge in [0.15, 0.2) is 6.29 Å². The molecule has 354 valence electrons. The van der Waals surface area contributed by atoms with Crippen LogP contribution in [-0.2, 0) is 37.9 Å². The van der Waals surface area contributed by atoms with E-state index in [0.717, 1.165) is 0 Å². The molecule has 4 amide bonds. The first-order valence-corrected chi connectivity index (χ1v) is 20.3. The Kier molecular flexibility index (Phi) is 16.7. The molecule has 0 aromatic heterocycles. The third-order valence-corrected chi connectivity index (χ3v) is 9.30. The van der Waals surface area contributed by atoms with Crippen LogP contribution in [0.15, 0.2) is 0 Å². The number of hydrogen-bond acceptors (Lipinski definition) is 18. The van der Waals surface area contributed by atoms with Crippen LogP contribution in [0.1, 0.15) is 103 Å². The van der Waals surface area contributed by atoms with Crippen molar-refractivity contribution in [2.24, 2.45) is 0 Å². The first kappa shape index (κ1) is 52.0. The first-order valence-electron chi connectivity index (χ1n) is 20.3. The molecule has 22 heteroatoms. The predicted molar refractivity (Wildman–Crippen MR) is 212 cm³/mol. The molecule has 0 aromatic carbocycles. The molecule has 1 saturated carbocycles. The van der Waals surface area contributed by atoms with Crippen molar-refractivity contribution in [2.45, 2.75) is 217 Å². The first-order chi connectivity index (χ1) is 27.6. The van der Waals surface area contributed by atoms with Gasteiger partial charge in [-0.2, -0.15) is 0 Å².